The lowest BCUT2D eigenvalue weighted by atomic mass is 10.0. The summed E-state index contributed by atoms with van der Waals surface area (Å²) in [6.45, 7) is 3.00. The van der Waals surface area contributed by atoms with Crippen LogP contribution < -0.4 is 10.6 Å². The molecule has 35 heavy (non-hydrogen) atoms. The van der Waals surface area contributed by atoms with Crippen LogP contribution in [0.5, 0.6) is 0 Å². The van der Waals surface area contributed by atoms with Gasteiger partial charge < -0.3 is 20.4 Å². The molecule has 0 spiro atoms. The Kier molecular flexibility index (Phi) is 7.21. The summed E-state index contributed by atoms with van der Waals surface area (Å²) >= 11 is 0. The molecule has 0 aliphatic carbocycles. The molecule has 0 saturated carbocycles. The Bertz CT molecular complexity index is 1250. The van der Waals surface area contributed by atoms with Crippen LogP contribution in [-0.4, -0.2) is 41.4 Å². The molecule has 0 aromatic heterocycles. The number of urea groups is 1. The van der Waals surface area contributed by atoms with Crippen molar-refractivity contribution in [3.8, 4) is 6.19 Å². The predicted molar refractivity (Wildman–Crippen MR) is 131 cm³/mol. The summed E-state index contributed by atoms with van der Waals surface area (Å²) in [5, 5.41) is 15.1. The number of nitrogens with zero attached hydrogens (tertiary/aromatic N) is 4. The molecule has 1 unspecified atom stereocenters. The topological polar surface area (TPSA) is 83.8 Å². The first kappa shape index (κ1) is 23.7. The van der Waals surface area contributed by atoms with Gasteiger partial charge in [0.15, 0.2) is 0 Å². The Hall–Kier alpha value is -4.45. The number of aryl methyl sites for hydroxylation is 1. The van der Waals surface area contributed by atoms with Gasteiger partial charge in [0.25, 0.3) is 0 Å². The Morgan fingerprint density at radius 2 is 1.69 bits per heavy atom. The van der Waals surface area contributed by atoms with Gasteiger partial charge >= 0.3 is 6.03 Å². The zero-order valence-corrected chi connectivity index (χ0v) is 19.1. The number of benzene rings is 3. The number of nitriles is 1. The summed E-state index contributed by atoms with van der Waals surface area (Å²) in [6, 6.07) is 19.1. The smallest absolute Gasteiger partial charge is 0.322 e. The first-order valence-corrected chi connectivity index (χ1v) is 11.1. The van der Waals surface area contributed by atoms with Crippen molar-refractivity contribution in [2.24, 2.45) is 4.99 Å². The molecule has 1 aliphatic rings. The highest BCUT2D eigenvalue weighted by molar-refractivity contribution is 5.95. The molecular formula is C26H24F2N6O. The predicted octanol–water partition coefficient (Wildman–Crippen LogP) is 5.11. The van der Waals surface area contributed by atoms with Crippen LogP contribution in [0.15, 0.2) is 77.8 Å². The van der Waals surface area contributed by atoms with Crippen molar-refractivity contribution in [3.63, 3.8) is 0 Å². The van der Waals surface area contributed by atoms with E-state index in [1.807, 2.05) is 72.6 Å². The standard InChI is InChI=1S/C26H24F2N6O/c1-18-7-5-6-10-23(18)32-25(30-17-29)33-11-12-34(24(16-33)19-8-3-2-4-9-19)26(35)31-22-14-20(27)13-21(28)15-22/h2-10,13-15,24H,11-12,16H2,1H3,(H,30,32)(H,31,35). The van der Waals surface area contributed by atoms with Crippen LogP contribution in [-0.2, 0) is 0 Å². The van der Waals surface area contributed by atoms with Crippen molar-refractivity contribution in [2.45, 2.75) is 13.0 Å². The molecule has 1 heterocycles. The lowest BCUT2D eigenvalue weighted by molar-refractivity contribution is 0.136. The SMILES string of the molecule is Cc1ccccc1N/C(=N/C#N)N1CCN(C(=O)Nc2cc(F)cc(F)c2)C(c2ccccc2)C1. The van der Waals surface area contributed by atoms with E-state index in [1.165, 1.54) is 0 Å². The van der Waals surface area contributed by atoms with Gasteiger partial charge in [-0.3, -0.25) is 0 Å². The molecule has 0 bridgehead atoms. The number of halogens is 2. The lowest BCUT2D eigenvalue weighted by Gasteiger charge is -2.42. The molecular weight excluding hydrogens is 450 g/mol. The number of aliphatic imine (C=N–C) groups is 1. The van der Waals surface area contributed by atoms with Crippen LogP contribution in [0.4, 0.5) is 25.0 Å². The van der Waals surface area contributed by atoms with Gasteiger partial charge in [0, 0.05) is 37.1 Å². The largest absolute Gasteiger partial charge is 0.338 e. The maximum absolute atomic E-state index is 13.6. The number of rotatable bonds is 3. The molecule has 178 valence electrons. The zero-order chi connectivity index (χ0) is 24.8. The molecule has 1 atom stereocenters. The third-order valence-electron chi connectivity index (χ3n) is 5.79. The number of anilines is 2. The van der Waals surface area contributed by atoms with E-state index in [-0.39, 0.29) is 5.69 Å². The third-order valence-corrected chi connectivity index (χ3v) is 5.79. The van der Waals surface area contributed by atoms with E-state index in [9.17, 15) is 18.8 Å². The first-order valence-electron chi connectivity index (χ1n) is 11.1. The minimum absolute atomic E-state index is 0.0368. The van der Waals surface area contributed by atoms with Gasteiger partial charge in [-0.15, -0.1) is 4.99 Å². The second kappa shape index (κ2) is 10.7. The number of hydrogen-bond donors (Lipinski definition) is 2. The van der Waals surface area contributed by atoms with Crippen LogP contribution in [0.2, 0.25) is 0 Å². The van der Waals surface area contributed by atoms with Gasteiger partial charge in [0.1, 0.15) is 11.6 Å². The number of para-hydroxylation sites is 1. The van der Waals surface area contributed by atoms with Crippen LogP contribution in [0.25, 0.3) is 0 Å². The number of carbonyl (C=O) groups is 1. The minimum atomic E-state index is -0.774. The number of carbonyl (C=O) groups excluding carboxylic acids is 1. The quantitative estimate of drug-likeness (QED) is 0.314. The van der Waals surface area contributed by atoms with Crippen LogP contribution in [0, 0.1) is 30.0 Å². The maximum Gasteiger partial charge on any atom is 0.322 e. The van der Waals surface area contributed by atoms with Crippen LogP contribution >= 0.6 is 0 Å². The fourth-order valence-corrected chi connectivity index (χ4v) is 4.06. The molecule has 7 nitrogen and oxygen atoms in total. The molecule has 9 heteroatoms. The van der Waals surface area contributed by atoms with E-state index in [4.69, 9.17) is 0 Å². The summed E-state index contributed by atoms with van der Waals surface area (Å²) in [7, 11) is 0. The van der Waals surface area contributed by atoms with E-state index < -0.39 is 23.7 Å². The highest BCUT2D eigenvalue weighted by Gasteiger charge is 2.33. The zero-order valence-electron chi connectivity index (χ0n) is 19.1. The second-order valence-corrected chi connectivity index (χ2v) is 8.13. The van der Waals surface area contributed by atoms with Crippen molar-refractivity contribution in [1.29, 1.82) is 5.26 Å². The molecule has 3 aromatic carbocycles. The average Bonchev–Trinajstić information content (AvgIpc) is 2.84. The van der Waals surface area contributed by atoms with Gasteiger partial charge in [-0.25, -0.2) is 13.6 Å². The Morgan fingerprint density at radius 1 is 1.00 bits per heavy atom. The number of nitrogens with one attached hydrogen (secondary N) is 2. The highest BCUT2D eigenvalue weighted by atomic mass is 19.1. The van der Waals surface area contributed by atoms with Gasteiger partial charge in [0.2, 0.25) is 12.2 Å². The van der Waals surface area contributed by atoms with Crippen molar-refractivity contribution in [1.82, 2.24) is 9.80 Å². The third kappa shape index (κ3) is 5.73. The van der Waals surface area contributed by atoms with Gasteiger partial charge in [0.05, 0.1) is 6.04 Å². The van der Waals surface area contributed by atoms with E-state index >= 15 is 0 Å². The monoisotopic (exact) mass is 474 g/mol. The van der Waals surface area contributed by atoms with E-state index in [0.717, 1.165) is 35.0 Å². The summed E-state index contributed by atoms with van der Waals surface area (Å²) in [5.41, 5.74) is 2.74. The maximum atomic E-state index is 13.6. The fraction of sp³-hybridized carbons (Fsp3) is 0.192. The first-order chi connectivity index (χ1) is 16.9. The number of piperazine rings is 1. The average molecular weight is 475 g/mol. The molecule has 1 saturated heterocycles. The minimum Gasteiger partial charge on any atom is -0.338 e. The van der Waals surface area contributed by atoms with E-state index in [2.05, 4.69) is 15.6 Å². The van der Waals surface area contributed by atoms with Crippen molar-refractivity contribution >= 4 is 23.4 Å². The molecule has 0 radical (unpaired) electrons. The van der Waals surface area contributed by atoms with Crippen molar-refractivity contribution < 1.29 is 13.6 Å². The van der Waals surface area contributed by atoms with E-state index in [0.29, 0.717) is 25.6 Å². The Labute approximate surface area is 202 Å². The molecule has 1 fully saturated rings. The molecule has 3 aromatic rings. The molecule has 2 N–H and O–H groups in total. The van der Waals surface area contributed by atoms with Gasteiger partial charge in [-0.05, 0) is 36.2 Å². The molecule has 4 rings (SSSR count). The van der Waals surface area contributed by atoms with E-state index in [1.54, 1.807) is 4.90 Å². The van der Waals surface area contributed by atoms with Gasteiger partial charge in [-0.2, -0.15) is 5.26 Å². The molecule has 1 aliphatic heterocycles. The Morgan fingerprint density at radius 3 is 2.37 bits per heavy atom. The number of guanidine groups is 1. The molecule has 2 amide bonds. The van der Waals surface area contributed by atoms with Crippen LogP contribution in [0.1, 0.15) is 17.2 Å². The summed E-state index contributed by atoms with van der Waals surface area (Å²) in [4.78, 5) is 20.7. The summed E-state index contributed by atoms with van der Waals surface area (Å²) < 4.78 is 27.2. The summed E-state index contributed by atoms with van der Waals surface area (Å²) in [5.74, 6) is -1.16. The fourth-order valence-electron chi connectivity index (χ4n) is 4.06. The summed E-state index contributed by atoms with van der Waals surface area (Å²) in [6.07, 6.45) is 1.86. The lowest BCUT2D eigenvalue weighted by Crippen LogP contribution is -2.54. The Balaban J connectivity index is 1.59. The highest BCUT2D eigenvalue weighted by Crippen LogP contribution is 2.27. The normalized spacial score (nSPS) is 15.9. The van der Waals surface area contributed by atoms with Crippen molar-refractivity contribution in [2.75, 3.05) is 30.3 Å². The van der Waals surface area contributed by atoms with Crippen LogP contribution in [0.3, 0.4) is 0 Å². The van der Waals surface area contributed by atoms with Crippen molar-refractivity contribution in [3.05, 3.63) is 95.6 Å². The number of amides is 2. The number of hydrogen-bond acceptors (Lipinski definition) is 3. The second-order valence-electron chi connectivity index (χ2n) is 8.13. The van der Waals surface area contributed by atoms with Gasteiger partial charge in [-0.1, -0.05) is 48.5 Å².